The van der Waals surface area contributed by atoms with E-state index in [1.54, 1.807) is 0 Å². The number of hydrogen-bond donors (Lipinski definition) is 4. The van der Waals surface area contributed by atoms with Crippen LogP contribution >= 0.6 is 0 Å². The number of benzene rings is 2. The van der Waals surface area contributed by atoms with Gasteiger partial charge in [-0.2, -0.15) is 0 Å². The van der Waals surface area contributed by atoms with Crippen molar-refractivity contribution in [3.8, 4) is 17.2 Å². The molecule has 0 aliphatic carbocycles. The Kier molecular flexibility index (Phi) is 1.75. The smallest absolute Gasteiger partial charge is 0.202 e. The molecule has 4 N–H and O–H groups in total. The van der Waals surface area contributed by atoms with Gasteiger partial charge in [0, 0.05) is 16.3 Å². The van der Waals surface area contributed by atoms with Crippen LogP contribution in [0.4, 0.5) is 4.39 Å². The number of H-pyrrole nitrogens is 1. The van der Waals surface area contributed by atoms with Gasteiger partial charge >= 0.3 is 0 Å². The SMILES string of the molecule is Oc1cc2c([nH]c3ccc(F)cc32)c(O)c1O. The van der Waals surface area contributed by atoms with E-state index >= 15 is 0 Å². The molecule has 0 fully saturated rings. The molecule has 17 heavy (non-hydrogen) atoms. The van der Waals surface area contributed by atoms with E-state index in [1.165, 1.54) is 24.3 Å². The van der Waals surface area contributed by atoms with Crippen LogP contribution < -0.4 is 0 Å². The highest BCUT2D eigenvalue weighted by Crippen LogP contribution is 2.43. The molecule has 0 saturated heterocycles. The second-order valence-corrected chi connectivity index (χ2v) is 3.83. The largest absolute Gasteiger partial charge is 0.504 e. The molecular weight excluding hydrogens is 225 g/mol. The van der Waals surface area contributed by atoms with Crippen LogP contribution in [0.2, 0.25) is 0 Å². The van der Waals surface area contributed by atoms with Crippen LogP contribution in [0.25, 0.3) is 21.8 Å². The van der Waals surface area contributed by atoms with Crippen molar-refractivity contribution in [1.29, 1.82) is 0 Å². The van der Waals surface area contributed by atoms with Gasteiger partial charge in [-0.1, -0.05) is 0 Å². The van der Waals surface area contributed by atoms with Crippen molar-refractivity contribution < 1.29 is 19.7 Å². The number of hydrogen-bond acceptors (Lipinski definition) is 3. The van der Waals surface area contributed by atoms with Gasteiger partial charge in [-0.05, 0) is 24.3 Å². The lowest BCUT2D eigenvalue weighted by Gasteiger charge is -2.01. The van der Waals surface area contributed by atoms with E-state index < -0.39 is 23.1 Å². The van der Waals surface area contributed by atoms with Gasteiger partial charge < -0.3 is 20.3 Å². The highest BCUT2D eigenvalue weighted by molar-refractivity contribution is 6.10. The van der Waals surface area contributed by atoms with Crippen LogP contribution in [0.3, 0.4) is 0 Å². The number of rotatable bonds is 0. The maximum Gasteiger partial charge on any atom is 0.202 e. The summed E-state index contributed by atoms with van der Waals surface area (Å²) >= 11 is 0. The van der Waals surface area contributed by atoms with Crippen molar-refractivity contribution >= 4 is 21.8 Å². The zero-order valence-corrected chi connectivity index (χ0v) is 8.53. The zero-order chi connectivity index (χ0) is 12.2. The zero-order valence-electron chi connectivity index (χ0n) is 8.53. The molecule has 1 heterocycles. The summed E-state index contributed by atoms with van der Waals surface area (Å²) in [6.07, 6.45) is 0. The second-order valence-electron chi connectivity index (χ2n) is 3.83. The highest BCUT2D eigenvalue weighted by atomic mass is 19.1. The first-order valence-electron chi connectivity index (χ1n) is 4.93. The molecule has 1 aromatic heterocycles. The highest BCUT2D eigenvalue weighted by Gasteiger charge is 2.15. The summed E-state index contributed by atoms with van der Waals surface area (Å²) in [5.41, 5.74) is 0.877. The van der Waals surface area contributed by atoms with Gasteiger partial charge in [0.15, 0.2) is 11.5 Å². The maximum absolute atomic E-state index is 13.1. The Labute approximate surface area is 94.6 Å². The number of phenolic OH excluding ortho intramolecular Hbond substituents is 3. The molecule has 0 saturated carbocycles. The molecule has 0 radical (unpaired) electrons. The van der Waals surface area contributed by atoms with Gasteiger partial charge in [-0.15, -0.1) is 0 Å². The summed E-state index contributed by atoms with van der Waals surface area (Å²) in [7, 11) is 0. The Morgan fingerprint density at radius 2 is 1.71 bits per heavy atom. The molecular formula is C12H8FNO3. The van der Waals surface area contributed by atoms with E-state index in [4.69, 9.17) is 0 Å². The Morgan fingerprint density at radius 3 is 2.47 bits per heavy atom. The van der Waals surface area contributed by atoms with Crippen LogP contribution in [0.1, 0.15) is 0 Å². The summed E-state index contributed by atoms with van der Waals surface area (Å²) in [6.45, 7) is 0. The predicted octanol–water partition coefficient (Wildman–Crippen LogP) is 2.58. The number of aromatic amines is 1. The molecule has 3 aromatic rings. The van der Waals surface area contributed by atoms with E-state index in [-0.39, 0.29) is 5.52 Å². The summed E-state index contributed by atoms with van der Waals surface area (Å²) in [5.74, 6) is -1.90. The van der Waals surface area contributed by atoms with E-state index in [2.05, 4.69) is 4.98 Å². The number of aromatic nitrogens is 1. The third kappa shape index (κ3) is 1.22. The van der Waals surface area contributed by atoms with Crippen LogP contribution in [0, 0.1) is 5.82 Å². The van der Waals surface area contributed by atoms with Gasteiger partial charge in [-0.3, -0.25) is 0 Å². The van der Waals surface area contributed by atoms with Gasteiger partial charge in [0.25, 0.3) is 0 Å². The normalized spacial score (nSPS) is 11.4. The molecule has 0 aliphatic heterocycles. The first-order valence-corrected chi connectivity index (χ1v) is 4.93. The number of phenols is 3. The minimum atomic E-state index is -0.593. The Balaban J connectivity index is 2.57. The number of nitrogens with one attached hydrogen (secondary N) is 1. The minimum absolute atomic E-state index is 0.265. The summed E-state index contributed by atoms with van der Waals surface area (Å²) in [4.78, 5) is 2.85. The molecule has 4 nitrogen and oxygen atoms in total. The lowest BCUT2D eigenvalue weighted by atomic mass is 10.1. The van der Waals surface area contributed by atoms with Crippen LogP contribution in [-0.2, 0) is 0 Å². The number of fused-ring (bicyclic) bond motifs is 3. The van der Waals surface area contributed by atoms with Crippen molar-refractivity contribution in [2.45, 2.75) is 0 Å². The Bertz CT molecular complexity index is 748. The topological polar surface area (TPSA) is 76.5 Å². The van der Waals surface area contributed by atoms with Crippen molar-refractivity contribution in [1.82, 2.24) is 4.98 Å². The third-order valence-electron chi connectivity index (χ3n) is 2.79. The van der Waals surface area contributed by atoms with E-state index in [9.17, 15) is 19.7 Å². The van der Waals surface area contributed by atoms with E-state index in [0.717, 1.165) is 0 Å². The maximum atomic E-state index is 13.1. The van der Waals surface area contributed by atoms with E-state index in [1.807, 2.05) is 0 Å². The monoisotopic (exact) mass is 233 g/mol. The number of aromatic hydroxyl groups is 3. The third-order valence-corrected chi connectivity index (χ3v) is 2.79. The molecule has 0 amide bonds. The van der Waals surface area contributed by atoms with Crippen molar-refractivity contribution in [2.24, 2.45) is 0 Å². The Hall–Kier alpha value is -2.43. The van der Waals surface area contributed by atoms with Gasteiger partial charge in [0.05, 0.1) is 5.52 Å². The molecule has 3 rings (SSSR count). The first kappa shape index (κ1) is 9.77. The second kappa shape index (κ2) is 3.04. The van der Waals surface area contributed by atoms with Crippen LogP contribution in [0.5, 0.6) is 17.2 Å². The van der Waals surface area contributed by atoms with Gasteiger partial charge in [0.2, 0.25) is 5.75 Å². The lowest BCUT2D eigenvalue weighted by Crippen LogP contribution is -1.74. The fraction of sp³-hybridized carbons (Fsp3) is 0. The summed E-state index contributed by atoms with van der Waals surface area (Å²) < 4.78 is 13.1. The van der Waals surface area contributed by atoms with Crippen molar-refractivity contribution in [3.05, 3.63) is 30.1 Å². The standard InChI is InChI=1S/C12H8FNO3/c13-5-1-2-8-6(3-5)7-4-9(15)11(16)12(17)10(7)14-8/h1-4,14-17H. The average molecular weight is 233 g/mol. The lowest BCUT2D eigenvalue weighted by molar-refractivity contribution is 0.371. The first-order chi connectivity index (χ1) is 8.08. The van der Waals surface area contributed by atoms with Gasteiger partial charge in [-0.25, -0.2) is 4.39 Å². The van der Waals surface area contributed by atoms with Crippen LogP contribution in [0.15, 0.2) is 24.3 Å². The summed E-state index contributed by atoms with van der Waals surface area (Å²) in [6, 6.07) is 5.39. The van der Waals surface area contributed by atoms with Crippen molar-refractivity contribution in [3.63, 3.8) is 0 Å². The molecule has 0 aliphatic rings. The van der Waals surface area contributed by atoms with Crippen LogP contribution in [-0.4, -0.2) is 20.3 Å². The molecule has 0 spiro atoms. The number of halogens is 1. The average Bonchev–Trinajstić information content (AvgIpc) is 2.65. The van der Waals surface area contributed by atoms with Gasteiger partial charge in [0.1, 0.15) is 5.82 Å². The molecule has 2 aromatic carbocycles. The Morgan fingerprint density at radius 1 is 0.941 bits per heavy atom. The molecule has 0 unspecified atom stereocenters. The molecule has 86 valence electrons. The van der Waals surface area contributed by atoms with Crippen molar-refractivity contribution in [2.75, 3.05) is 0 Å². The molecule has 0 bridgehead atoms. The summed E-state index contributed by atoms with van der Waals surface area (Å²) in [5, 5.41) is 29.5. The minimum Gasteiger partial charge on any atom is -0.504 e. The molecule has 0 atom stereocenters. The predicted molar refractivity (Wildman–Crippen MR) is 60.8 cm³/mol. The molecule has 5 heteroatoms. The quantitative estimate of drug-likeness (QED) is 0.451. The fourth-order valence-corrected chi connectivity index (χ4v) is 1.97. The fourth-order valence-electron chi connectivity index (χ4n) is 1.97. The van der Waals surface area contributed by atoms with E-state index in [0.29, 0.717) is 16.3 Å².